The summed E-state index contributed by atoms with van der Waals surface area (Å²) in [6.45, 7) is 2.83. The predicted molar refractivity (Wildman–Crippen MR) is 72.2 cm³/mol. The number of nitrogens with zero attached hydrogens (tertiary/aromatic N) is 2. The van der Waals surface area contributed by atoms with Crippen molar-refractivity contribution >= 4 is 17.8 Å². The fourth-order valence-electron chi connectivity index (χ4n) is 2.99. The van der Waals surface area contributed by atoms with E-state index in [-0.39, 0.29) is 12.0 Å². The van der Waals surface area contributed by atoms with Crippen LogP contribution in [0.2, 0.25) is 0 Å². The van der Waals surface area contributed by atoms with Gasteiger partial charge in [-0.05, 0) is 31.9 Å². The van der Waals surface area contributed by atoms with Gasteiger partial charge in [-0.15, -0.1) is 0 Å². The van der Waals surface area contributed by atoms with Gasteiger partial charge >= 0.3 is 12.0 Å². The van der Waals surface area contributed by atoms with E-state index < -0.39 is 5.54 Å². The molecule has 20 heavy (non-hydrogen) atoms. The summed E-state index contributed by atoms with van der Waals surface area (Å²) >= 11 is 0. The van der Waals surface area contributed by atoms with E-state index in [0.29, 0.717) is 31.8 Å². The first kappa shape index (κ1) is 12.9. The zero-order valence-corrected chi connectivity index (χ0v) is 11.4. The Morgan fingerprint density at radius 3 is 3.00 bits per heavy atom. The van der Waals surface area contributed by atoms with Gasteiger partial charge in [0.05, 0.1) is 6.61 Å². The lowest BCUT2D eigenvalue weighted by atomic mass is 9.95. The van der Waals surface area contributed by atoms with Crippen molar-refractivity contribution in [3.63, 3.8) is 0 Å². The first-order valence-electron chi connectivity index (χ1n) is 6.81. The Bertz CT molecular complexity index is 556. The molecule has 0 bridgehead atoms. The fraction of sp³-hybridized carbons (Fsp3) is 0.500. The van der Waals surface area contributed by atoms with Crippen molar-refractivity contribution in [3.8, 4) is 0 Å². The number of carbonyl (C=O) groups excluding carboxylic acids is 2. The number of anilines is 1. The molecule has 2 amide bonds. The molecule has 1 aromatic rings. The van der Waals surface area contributed by atoms with Crippen LogP contribution in [0, 0.1) is 6.92 Å². The van der Waals surface area contributed by atoms with E-state index in [1.165, 1.54) is 0 Å². The number of cyclic esters (lactones) is 1. The number of nitrogens with one attached hydrogen (secondary N) is 1. The standard InChI is InChI=1S/C14H17N3O3/c1-10-4-2-5-11(15-10)16-13(19)17-8-3-6-14(17)7-9-20-12(14)18/h2,4-5H,3,6-9H2,1H3,(H,15,16,19). The number of esters is 1. The first-order valence-corrected chi connectivity index (χ1v) is 6.81. The van der Waals surface area contributed by atoms with Crippen molar-refractivity contribution in [2.24, 2.45) is 0 Å². The molecule has 6 heteroatoms. The number of amides is 2. The van der Waals surface area contributed by atoms with Crippen molar-refractivity contribution in [2.45, 2.75) is 31.7 Å². The Kier molecular flexibility index (Phi) is 3.08. The van der Waals surface area contributed by atoms with Crippen LogP contribution in [0.4, 0.5) is 10.6 Å². The van der Waals surface area contributed by atoms with Crippen LogP contribution in [0.25, 0.3) is 0 Å². The van der Waals surface area contributed by atoms with Crippen LogP contribution < -0.4 is 5.32 Å². The Morgan fingerprint density at radius 1 is 1.45 bits per heavy atom. The number of hydrogen-bond acceptors (Lipinski definition) is 4. The van der Waals surface area contributed by atoms with Crippen LogP contribution in [-0.2, 0) is 9.53 Å². The Balaban J connectivity index is 1.78. The van der Waals surface area contributed by atoms with Crippen molar-refractivity contribution in [2.75, 3.05) is 18.5 Å². The highest BCUT2D eigenvalue weighted by Gasteiger charge is 2.54. The number of likely N-dealkylation sites (tertiary alicyclic amines) is 1. The molecule has 3 heterocycles. The van der Waals surface area contributed by atoms with E-state index in [9.17, 15) is 9.59 Å². The van der Waals surface area contributed by atoms with Gasteiger partial charge in [0.25, 0.3) is 0 Å². The maximum atomic E-state index is 12.4. The highest BCUT2D eigenvalue weighted by Crippen LogP contribution is 2.37. The molecule has 2 aliphatic heterocycles. The molecule has 2 aliphatic rings. The second kappa shape index (κ2) is 4.77. The largest absolute Gasteiger partial charge is 0.464 e. The molecule has 106 valence electrons. The van der Waals surface area contributed by atoms with Gasteiger partial charge in [-0.25, -0.2) is 14.6 Å². The number of pyridine rings is 1. The molecule has 0 saturated carbocycles. The number of rotatable bonds is 1. The molecular weight excluding hydrogens is 258 g/mol. The molecule has 1 atom stereocenters. The van der Waals surface area contributed by atoms with Crippen molar-refractivity contribution in [1.29, 1.82) is 0 Å². The van der Waals surface area contributed by atoms with Gasteiger partial charge in [-0.2, -0.15) is 0 Å². The Hall–Kier alpha value is -2.11. The van der Waals surface area contributed by atoms with Gasteiger partial charge in [-0.1, -0.05) is 6.07 Å². The molecule has 0 aromatic carbocycles. The lowest BCUT2D eigenvalue weighted by Crippen LogP contribution is -2.52. The molecule has 0 aliphatic carbocycles. The molecular formula is C14H17N3O3. The number of carbonyl (C=O) groups is 2. The summed E-state index contributed by atoms with van der Waals surface area (Å²) in [5.41, 5.74) is 0.0766. The molecule has 2 fully saturated rings. The molecule has 2 saturated heterocycles. The predicted octanol–water partition coefficient (Wildman–Crippen LogP) is 1.70. The summed E-state index contributed by atoms with van der Waals surface area (Å²) in [5.74, 6) is 0.228. The van der Waals surface area contributed by atoms with Gasteiger partial charge in [0, 0.05) is 18.7 Å². The lowest BCUT2D eigenvalue weighted by Gasteiger charge is -2.30. The zero-order valence-electron chi connectivity index (χ0n) is 11.4. The first-order chi connectivity index (χ1) is 9.62. The minimum Gasteiger partial charge on any atom is -0.464 e. The van der Waals surface area contributed by atoms with Crippen LogP contribution in [0.5, 0.6) is 0 Å². The Labute approximate surface area is 117 Å². The average molecular weight is 275 g/mol. The highest BCUT2D eigenvalue weighted by atomic mass is 16.5. The van der Waals surface area contributed by atoms with E-state index in [2.05, 4.69) is 10.3 Å². The maximum absolute atomic E-state index is 12.4. The number of hydrogen-bond donors (Lipinski definition) is 1. The number of ether oxygens (including phenoxy) is 1. The van der Waals surface area contributed by atoms with Gasteiger partial charge in [0.15, 0.2) is 0 Å². The zero-order chi connectivity index (χ0) is 14.2. The van der Waals surface area contributed by atoms with E-state index >= 15 is 0 Å². The third kappa shape index (κ3) is 2.01. The summed E-state index contributed by atoms with van der Waals surface area (Å²) in [6, 6.07) is 5.16. The summed E-state index contributed by atoms with van der Waals surface area (Å²) in [7, 11) is 0. The monoisotopic (exact) mass is 275 g/mol. The minimum absolute atomic E-state index is 0.276. The molecule has 3 rings (SSSR count). The van der Waals surface area contributed by atoms with Gasteiger partial charge in [-0.3, -0.25) is 5.32 Å². The van der Waals surface area contributed by atoms with Crippen molar-refractivity contribution in [3.05, 3.63) is 23.9 Å². The summed E-state index contributed by atoms with van der Waals surface area (Å²) in [5, 5.41) is 2.76. The molecule has 1 unspecified atom stereocenters. The fourth-order valence-corrected chi connectivity index (χ4v) is 2.99. The van der Waals surface area contributed by atoms with Gasteiger partial charge in [0.1, 0.15) is 11.4 Å². The summed E-state index contributed by atoms with van der Waals surface area (Å²) in [4.78, 5) is 30.2. The van der Waals surface area contributed by atoms with E-state index in [1.54, 1.807) is 11.0 Å². The topological polar surface area (TPSA) is 71.5 Å². The van der Waals surface area contributed by atoms with E-state index in [4.69, 9.17) is 4.74 Å². The second-order valence-corrected chi connectivity index (χ2v) is 5.27. The Morgan fingerprint density at radius 2 is 2.30 bits per heavy atom. The van der Waals surface area contributed by atoms with Gasteiger partial charge in [0.2, 0.25) is 0 Å². The smallest absolute Gasteiger partial charge is 0.332 e. The van der Waals surface area contributed by atoms with E-state index in [1.807, 2.05) is 19.1 Å². The van der Waals surface area contributed by atoms with Crippen molar-refractivity contribution < 1.29 is 14.3 Å². The lowest BCUT2D eigenvalue weighted by molar-refractivity contribution is -0.145. The molecule has 6 nitrogen and oxygen atoms in total. The van der Waals surface area contributed by atoms with Crippen LogP contribution in [-0.4, -0.2) is 40.6 Å². The molecule has 1 aromatic heterocycles. The third-order valence-corrected chi connectivity index (χ3v) is 3.99. The molecule has 1 N–H and O–H groups in total. The number of urea groups is 1. The van der Waals surface area contributed by atoms with Crippen LogP contribution in [0.1, 0.15) is 25.0 Å². The molecule has 0 radical (unpaired) electrons. The SMILES string of the molecule is Cc1cccc(NC(=O)N2CCCC23CCOC3=O)n1. The van der Waals surface area contributed by atoms with E-state index in [0.717, 1.165) is 12.1 Å². The van der Waals surface area contributed by atoms with Crippen LogP contribution >= 0.6 is 0 Å². The highest BCUT2D eigenvalue weighted by molar-refractivity contribution is 5.95. The maximum Gasteiger partial charge on any atom is 0.332 e. The summed E-state index contributed by atoms with van der Waals surface area (Å²) in [6.07, 6.45) is 2.09. The third-order valence-electron chi connectivity index (χ3n) is 3.99. The quantitative estimate of drug-likeness (QED) is 0.792. The van der Waals surface area contributed by atoms with Crippen LogP contribution in [0.15, 0.2) is 18.2 Å². The van der Waals surface area contributed by atoms with Crippen molar-refractivity contribution in [1.82, 2.24) is 9.88 Å². The van der Waals surface area contributed by atoms with Gasteiger partial charge < -0.3 is 9.64 Å². The second-order valence-electron chi connectivity index (χ2n) is 5.27. The normalized spacial score (nSPS) is 25.1. The summed E-state index contributed by atoms with van der Waals surface area (Å²) < 4.78 is 5.06. The number of aryl methyl sites for hydroxylation is 1. The molecule has 1 spiro atoms. The number of aromatic nitrogens is 1. The average Bonchev–Trinajstić information content (AvgIpc) is 2.98. The van der Waals surface area contributed by atoms with Crippen LogP contribution in [0.3, 0.4) is 0 Å². The minimum atomic E-state index is -0.756.